The smallest absolute Gasteiger partial charge is 0.194 e. The number of aryl methyl sites for hydroxylation is 1. The summed E-state index contributed by atoms with van der Waals surface area (Å²) >= 11 is 0. The topological polar surface area (TPSA) is 90.3 Å². The van der Waals surface area contributed by atoms with Crippen LogP contribution in [0.25, 0.3) is 0 Å². The van der Waals surface area contributed by atoms with E-state index in [1.54, 1.807) is 25.3 Å². The monoisotopic (exact) mass is 375 g/mol. The van der Waals surface area contributed by atoms with Gasteiger partial charge in [-0.25, -0.2) is 4.99 Å². The Hall–Kier alpha value is -2.32. The minimum absolute atomic E-state index is 0.237. The zero-order valence-corrected chi connectivity index (χ0v) is 16.3. The van der Waals surface area contributed by atoms with E-state index < -0.39 is 5.60 Å². The second-order valence-corrected chi connectivity index (χ2v) is 7.11. The molecule has 0 spiro atoms. The molecule has 148 valence electrons. The molecule has 0 bridgehead atoms. The van der Waals surface area contributed by atoms with Crippen molar-refractivity contribution in [2.24, 2.45) is 4.99 Å². The van der Waals surface area contributed by atoms with Crippen molar-refractivity contribution < 1.29 is 14.0 Å². The van der Waals surface area contributed by atoms with Crippen LogP contribution in [0, 0.1) is 6.92 Å². The Bertz CT molecular complexity index is 730. The minimum Gasteiger partial charge on any atom is -0.466 e. The number of furan rings is 1. The average Bonchev–Trinajstić information content (AvgIpc) is 3.32. The van der Waals surface area contributed by atoms with Crippen LogP contribution < -0.4 is 5.32 Å². The summed E-state index contributed by atoms with van der Waals surface area (Å²) in [5, 5.41) is 18.0. The van der Waals surface area contributed by atoms with Gasteiger partial charge in [-0.3, -0.25) is 4.90 Å². The number of aromatic nitrogens is 1. The zero-order chi connectivity index (χ0) is 19.3. The van der Waals surface area contributed by atoms with Crippen LogP contribution in [0.3, 0.4) is 0 Å². The molecule has 27 heavy (non-hydrogen) atoms. The Labute approximate surface area is 159 Å². The van der Waals surface area contributed by atoms with Crippen molar-refractivity contribution in [3.8, 4) is 0 Å². The summed E-state index contributed by atoms with van der Waals surface area (Å²) in [6.45, 7) is 11.1. The summed E-state index contributed by atoms with van der Waals surface area (Å²) in [4.78, 5) is 9.24. The second-order valence-electron chi connectivity index (χ2n) is 7.11. The highest BCUT2D eigenvalue weighted by Crippen LogP contribution is 2.21. The van der Waals surface area contributed by atoms with Gasteiger partial charge in [-0.05, 0) is 32.9 Å². The molecule has 0 amide bonds. The molecule has 1 aliphatic heterocycles. The SMILES string of the molecule is CCNC(=NCC(C)(O)c1ccco1)N1CCN(Cc2cc(C)on2)CC1. The van der Waals surface area contributed by atoms with E-state index in [1.807, 2.05) is 19.9 Å². The van der Waals surface area contributed by atoms with Crippen LogP contribution >= 0.6 is 0 Å². The quantitative estimate of drug-likeness (QED) is 0.585. The molecule has 0 aromatic carbocycles. The number of piperazine rings is 1. The first-order valence-electron chi connectivity index (χ1n) is 9.42. The van der Waals surface area contributed by atoms with E-state index in [0.29, 0.717) is 5.76 Å². The Morgan fingerprint density at radius 1 is 1.37 bits per heavy atom. The summed E-state index contributed by atoms with van der Waals surface area (Å²) < 4.78 is 10.5. The molecular formula is C19H29N5O3. The number of rotatable bonds is 6. The van der Waals surface area contributed by atoms with Gasteiger partial charge in [0.2, 0.25) is 0 Å². The lowest BCUT2D eigenvalue weighted by Crippen LogP contribution is -2.52. The number of hydrogen-bond donors (Lipinski definition) is 2. The summed E-state index contributed by atoms with van der Waals surface area (Å²) in [6, 6.07) is 5.52. The fourth-order valence-corrected chi connectivity index (χ4v) is 3.16. The van der Waals surface area contributed by atoms with Gasteiger partial charge in [-0.15, -0.1) is 0 Å². The van der Waals surface area contributed by atoms with E-state index >= 15 is 0 Å². The lowest BCUT2D eigenvalue weighted by Gasteiger charge is -2.36. The summed E-state index contributed by atoms with van der Waals surface area (Å²) in [7, 11) is 0. The van der Waals surface area contributed by atoms with Crippen LogP contribution in [0.5, 0.6) is 0 Å². The van der Waals surface area contributed by atoms with Gasteiger partial charge in [0.1, 0.15) is 17.1 Å². The van der Waals surface area contributed by atoms with Crippen molar-refractivity contribution in [2.45, 2.75) is 32.9 Å². The highest BCUT2D eigenvalue weighted by Gasteiger charge is 2.27. The average molecular weight is 375 g/mol. The molecule has 2 aromatic rings. The van der Waals surface area contributed by atoms with Crippen LogP contribution in [0.4, 0.5) is 0 Å². The van der Waals surface area contributed by atoms with Crippen LogP contribution in [0.15, 0.2) is 38.4 Å². The van der Waals surface area contributed by atoms with Crippen molar-refractivity contribution in [3.63, 3.8) is 0 Å². The molecule has 3 rings (SSSR count). The maximum Gasteiger partial charge on any atom is 0.194 e. The normalized spacial score (nSPS) is 18.5. The molecule has 0 aliphatic carbocycles. The number of nitrogens with one attached hydrogen (secondary N) is 1. The fraction of sp³-hybridized carbons (Fsp3) is 0.579. The summed E-state index contributed by atoms with van der Waals surface area (Å²) in [5.41, 5.74) is -0.160. The number of guanidine groups is 1. The first-order chi connectivity index (χ1) is 13.0. The standard InChI is InChI=1S/C19H29N5O3/c1-4-20-18(21-14-19(3,25)17-6-5-11-26-17)24-9-7-23(8-10-24)13-16-12-15(2)27-22-16/h5-6,11-12,25H,4,7-10,13-14H2,1-3H3,(H,20,21). The molecule has 2 N–H and O–H groups in total. The fourth-order valence-electron chi connectivity index (χ4n) is 3.16. The molecule has 1 atom stereocenters. The van der Waals surface area contributed by atoms with E-state index in [0.717, 1.165) is 56.7 Å². The zero-order valence-electron chi connectivity index (χ0n) is 16.3. The minimum atomic E-state index is -1.13. The third-order valence-electron chi connectivity index (χ3n) is 4.66. The number of aliphatic imine (C=N–C) groups is 1. The van der Waals surface area contributed by atoms with E-state index in [9.17, 15) is 5.11 Å². The van der Waals surface area contributed by atoms with Crippen molar-refractivity contribution in [1.29, 1.82) is 0 Å². The van der Waals surface area contributed by atoms with Gasteiger partial charge in [-0.1, -0.05) is 5.16 Å². The van der Waals surface area contributed by atoms with Crippen LogP contribution in [0.2, 0.25) is 0 Å². The first kappa shape index (κ1) is 19.4. The van der Waals surface area contributed by atoms with E-state index in [4.69, 9.17) is 8.94 Å². The Morgan fingerprint density at radius 2 is 2.15 bits per heavy atom. The highest BCUT2D eigenvalue weighted by molar-refractivity contribution is 5.80. The third kappa shape index (κ3) is 5.11. The van der Waals surface area contributed by atoms with Gasteiger partial charge in [0, 0.05) is 45.3 Å². The molecule has 2 aromatic heterocycles. The van der Waals surface area contributed by atoms with Crippen LogP contribution in [-0.4, -0.2) is 65.3 Å². The third-order valence-corrected chi connectivity index (χ3v) is 4.66. The summed E-state index contributed by atoms with van der Waals surface area (Å²) in [6.07, 6.45) is 1.56. The molecule has 3 heterocycles. The molecule has 1 fully saturated rings. The molecular weight excluding hydrogens is 346 g/mol. The largest absolute Gasteiger partial charge is 0.466 e. The van der Waals surface area contributed by atoms with Crippen molar-refractivity contribution >= 4 is 5.96 Å². The number of hydrogen-bond acceptors (Lipinski definition) is 6. The lowest BCUT2D eigenvalue weighted by atomic mass is 10.0. The highest BCUT2D eigenvalue weighted by atomic mass is 16.5. The van der Waals surface area contributed by atoms with Gasteiger partial charge in [-0.2, -0.15) is 0 Å². The van der Waals surface area contributed by atoms with Crippen LogP contribution in [0.1, 0.15) is 31.1 Å². The van der Waals surface area contributed by atoms with Gasteiger partial charge in [0.25, 0.3) is 0 Å². The van der Waals surface area contributed by atoms with Crippen LogP contribution in [-0.2, 0) is 12.1 Å². The lowest BCUT2D eigenvalue weighted by molar-refractivity contribution is 0.0433. The molecule has 0 saturated carbocycles. The Morgan fingerprint density at radius 3 is 2.74 bits per heavy atom. The van der Waals surface area contributed by atoms with E-state index in [1.165, 1.54) is 0 Å². The molecule has 8 heteroatoms. The van der Waals surface area contributed by atoms with Gasteiger partial charge < -0.3 is 24.3 Å². The molecule has 1 aliphatic rings. The predicted octanol–water partition coefficient (Wildman–Crippen LogP) is 1.57. The van der Waals surface area contributed by atoms with Crippen molar-refractivity contribution in [3.05, 3.63) is 41.7 Å². The summed E-state index contributed by atoms with van der Waals surface area (Å²) in [5.74, 6) is 2.19. The van der Waals surface area contributed by atoms with Crippen molar-refractivity contribution in [1.82, 2.24) is 20.3 Å². The first-order valence-corrected chi connectivity index (χ1v) is 9.42. The van der Waals surface area contributed by atoms with E-state index in [2.05, 4.69) is 25.3 Å². The predicted molar refractivity (Wildman–Crippen MR) is 102 cm³/mol. The van der Waals surface area contributed by atoms with Gasteiger partial charge >= 0.3 is 0 Å². The molecule has 8 nitrogen and oxygen atoms in total. The second kappa shape index (κ2) is 8.58. The van der Waals surface area contributed by atoms with Crippen molar-refractivity contribution in [2.75, 3.05) is 39.3 Å². The van der Waals surface area contributed by atoms with Gasteiger partial charge in [0.05, 0.1) is 18.5 Å². The van der Waals surface area contributed by atoms with Gasteiger partial charge in [0.15, 0.2) is 5.96 Å². The maximum atomic E-state index is 10.6. The Kier molecular flexibility index (Phi) is 6.18. The Balaban J connectivity index is 1.57. The molecule has 0 radical (unpaired) electrons. The maximum absolute atomic E-state index is 10.6. The molecule has 1 unspecified atom stereocenters. The number of aliphatic hydroxyl groups is 1. The van der Waals surface area contributed by atoms with E-state index in [-0.39, 0.29) is 6.54 Å². The number of nitrogens with zero attached hydrogens (tertiary/aromatic N) is 4. The molecule has 1 saturated heterocycles.